The van der Waals surface area contributed by atoms with Crippen LogP contribution in [-0.4, -0.2) is 56.0 Å². The molecule has 1 aliphatic rings. The summed E-state index contributed by atoms with van der Waals surface area (Å²) < 4.78 is 0.837. The molecule has 0 atom stereocenters. The molecule has 0 radical (unpaired) electrons. The molecule has 1 aromatic heterocycles. The average Bonchev–Trinajstić information content (AvgIpc) is 2.72. The van der Waals surface area contributed by atoms with Gasteiger partial charge in [0.05, 0.1) is 10.9 Å². The van der Waals surface area contributed by atoms with Crippen LogP contribution in [-0.2, 0) is 6.54 Å². The van der Waals surface area contributed by atoms with Crippen molar-refractivity contribution in [3.63, 3.8) is 0 Å². The molecular formula is C13H21ClN4S. The molecule has 1 N–H and O–H groups in total. The highest BCUT2D eigenvalue weighted by molar-refractivity contribution is 7.16. The minimum Gasteiger partial charge on any atom is -0.355 e. The van der Waals surface area contributed by atoms with Gasteiger partial charge in [0, 0.05) is 32.1 Å². The molecule has 19 heavy (non-hydrogen) atoms. The van der Waals surface area contributed by atoms with Crippen LogP contribution in [0.1, 0.15) is 11.3 Å². The lowest BCUT2D eigenvalue weighted by atomic mass is 10.2. The molecule has 6 heteroatoms. The summed E-state index contributed by atoms with van der Waals surface area (Å²) in [5, 5.41) is 3.40. The van der Waals surface area contributed by atoms with Crippen LogP contribution in [0.2, 0.25) is 4.34 Å². The normalized spacial score (nSPS) is 16.3. The lowest BCUT2D eigenvalue weighted by Crippen LogP contribution is -2.45. The van der Waals surface area contributed by atoms with Gasteiger partial charge in [-0.2, -0.15) is 0 Å². The third-order valence-electron chi connectivity index (χ3n) is 3.26. The van der Waals surface area contributed by atoms with Crippen LogP contribution in [0.5, 0.6) is 0 Å². The summed E-state index contributed by atoms with van der Waals surface area (Å²) in [6.45, 7) is 5.36. The topological polar surface area (TPSA) is 30.9 Å². The van der Waals surface area contributed by atoms with E-state index in [1.165, 1.54) is 24.4 Å². The average molecular weight is 301 g/mol. The SMILES string of the molecule is CN=C(NCCN1CCC1)N(C)Cc1ccc(Cl)s1. The molecule has 0 aromatic carbocycles. The maximum absolute atomic E-state index is 5.95. The second-order valence-electron chi connectivity index (χ2n) is 4.73. The van der Waals surface area contributed by atoms with Crippen molar-refractivity contribution in [2.75, 3.05) is 40.3 Å². The summed E-state index contributed by atoms with van der Waals surface area (Å²) in [4.78, 5) is 10.1. The smallest absolute Gasteiger partial charge is 0.193 e. The van der Waals surface area contributed by atoms with E-state index in [1.807, 2.05) is 20.2 Å². The number of halogens is 1. The number of thiophene rings is 1. The summed E-state index contributed by atoms with van der Waals surface area (Å²) in [5.41, 5.74) is 0. The molecule has 0 spiro atoms. The molecular weight excluding hydrogens is 280 g/mol. The van der Waals surface area contributed by atoms with Crippen molar-refractivity contribution in [2.45, 2.75) is 13.0 Å². The van der Waals surface area contributed by atoms with Gasteiger partial charge in [-0.25, -0.2) is 0 Å². The highest BCUT2D eigenvalue weighted by Crippen LogP contribution is 2.22. The maximum atomic E-state index is 5.95. The number of aliphatic imine (C=N–C) groups is 1. The van der Waals surface area contributed by atoms with Crippen molar-refractivity contribution in [1.29, 1.82) is 0 Å². The van der Waals surface area contributed by atoms with E-state index < -0.39 is 0 Å². The van der Waals surface area contributed by atoms with Gasteiger partial charge >= 0.3 is 0 Å². The van der Waals surface area contributed by atoms with E-state index in [2.05, 4.69) is 26.2 Å². The standard InChI is InChI=1S/C13H21ClN4S/c1-15-13(16-6-9-18-7-3-8-18)17(2)10-11-4-5-12(14)19-11/h4-5H,3,6-10H2,1-2H3,(H,15,16). The molecule has 1 aliphatic heterocycles. The third kappa shape index (κ3) is 4.37. The molecule has 0 bridgehead atoms. The van der Waals surface area contributed by atoms with Gasteiger partial charge in [0.1, 0.15) is 0 Å². The molecule has 0 saturated carbocycles. The van der Waals surface area contributed by atoms with Gasteiger partial charge in [0.15, 0.2) is 5.96 Å². The zero-order valence-electron chi connectivity index (χ0n) is 11.5. The molecule has 1 saturated heterocycles. The lowest BCUT2D eigenvalue weighted by Gasteiger charge is -2.31. The van der Waals surface area contributed by atoms with E-state index in [-0.39, 0.29) is 0 Å². The van der Waals surface area contributed by atoms with Gasteiger partial charge in [-0.1, -0.05) is 11.6 Å². The Hall–Kier alpha value is -0.780. The first-order valence-electron chi connectivity index (χ1n) is 6.57. The zero-order valence-corrected chi connectivity index (χ0v) is 13.1. The van der Waals surface area contributed by atoms with Crippen molar-refractivity contribution in [3.8, 4) is 0 Å². The van der Waals surface area contributed by atoms with Gasteiger partial charge < -0.3 is 15.1 Å². The van der Waals surface area contributed by atoms with Crippen molar-refractivity contribution in [3.05, 3.63) is 21.3 Å². The molecule has 2 heterocycles. The summed E-state index contributed by atoms with van der Waals surface area (Å²) in [7, 11) is 3.87. The highest BCUT2D eigenvalue weighted by atomic mass is 35.5. The third-order valence-corrected chi connectivity index (χ3v) is 4.47. The fourth-order valence-corrected chi connectivity index (χ4v) is 3.20. The Kier molecular flexibility index (Phi) is 5.48. The summed E-state index contributed by atoms with van der Waals surface area (Å²) in [6.07, 6.45) is 1.34. The zero-order chi connectivity index (χ0) is 13.7. The van der Waals surface area contributed by atoms with Crippen LogP contribution in [0.25, 0.3) is 0 Å². The Morgan fingerprint density at radius 2 is 2.32 bits per heavy atom. The summed E-state index contributed by atoms with van der Waals surface area (Å²) in [6, 6.07) is 4.01. The van der Waals surface area contributed by atoms with Crippen molar-refractivity contribution >= 4 is 28.9 Å². The number of hydrogen-bond donors (Lipinski definition) is 1. The van der Waals surface area contributed by atoms with Crippen molar-refractivity contribution in [1.82, 2.24) is 15.1 Å². The number of nitrogens with zero attached hydrogens (tertiary/aromatic N) is 3. The molecule has 0 aliphatic carbocycles. The van der Waals surface area contributed by atoms with E-state index in [0.29, 0.717) is 0 Å². The number of hydrogen-bond acceptors (Lipinski definition) is 3. The number of guanidine groups is 1. The summed E-state index contributed by atoms with van der Waals surface area (Å²) >= 11 is 7.56. The lowest BCUT2D eigenvalue weighted by molar-refractivity contribution is 0.184. The fourth-order valence-electron chi connectivity index (χ4n) is 2.06. The second-order valence-corrected chi connectivity index (χ2v) is 6.53. The minimum absolute atomic E-state index is 0.834. The van der Waals surface area contributed by atoms with Gasteiger partial charge in [0.2, 0.25) is 0 Å². The monoisotopic (exact) mass is 300 g/mol. The van der Waals surface area contributed by atoms with E-state index in [1.54, 1.807) is 11.3 Å². The van der Waals surface area contributed by atoms with E-state index >= 15 is 0 Å². The van der Waals surface area contributed by atoms with Crippen molar-refractivity contribution < 1.29 is 0 Å². The Bertz CT molecular complexity index is 428. The largest absolute Gasteiger partial charge is 0.355 e. The van der Waals surface area contributed by atoms with E-state index in [0.717, 1.165) is 29.9 Å². The van der Waals surface area contributed by atoms with Crippen molar-refractivity contribution in [2.24, 2.45) is 4.99 Å². The van der Waals surface area contributed by atoms with Crippen LogP contribution >= 0.6 is 22.9 Å². The molecule has 4 nitrogen and oxygen atoms in total. The molecule has 1 fully saturated rings. The predicted molar refractivity (Wildman–Crippen MR) is 83.2 cm³/mol. The van der Waals surface area contributed by atoms with Crippen LogP contribution in [0.4, 0.5) is 0 Å². The molecule has 0 amide bonds. The van der Waals surface area contributed by atoms with Gasteiger partial charge in [0.25, 0.3) is 0 Å². The molecule has 0 unspecified atom stereocenters. The van der Waals surface area contributed by atoms with Crippen LogP contribution < -0.4 is 5.32 Å². The first kappa shape index (κ1) is 14.6. The van der Waals surface area contributed by atoms with Crippen LogP contribution in [0.3, 0.4) is 0 Å². The first-order chi connectivity index (χ1) is 9.19. The Morgan fingerprint density at radius 3 is 2.84 bits per heavy atom. The van der Waals surface area contributed by atoms with Gasteiger partial charge in [-0.3, -0.25) is 4.99 Å². The first-order valence-corrected chi connectivity index (χ1v) is 7.77. The Morgan fingerprint density at radius 1 is 1.53 bits per heavy atom. The second kappa shape index (κ2) is 7.12. The van der Waals surface area contributed by atoms with E-state index in [9.17, 15) is 0 Å². The predicted octanol–water partition coefficient (Wildman–Crippen LogP) is 2.11. The number of likely N-dealkylation sites (tertiary alicyclic amines) is 1. The minimum atomic E-state index is 0.834. The van der Waals surface area contributed by atoms with Crippen LogP contribution in [0.15, 0.2) is 17.1 Å². The maximum Gasteiger partial charge on any atom is 0.193 e. The van der Waals surface area contributed by atoms with Gasteiger partial charge in [-0.15, -0.1) is 11.3 Å². The summed E-state index contributed by atoms with van der Waals surface area (Å²) in [5.74, 6) is 0.935. The molecule has 2 rings (SSSR count). The number of rotatable bonds is 5. The number of nitrogens with one attached hydrogen (secondary N) is 1. The Labute approximate surface area is 124 Å². The highest BCUT2D eigenvalue weighted by Gasteiger charge is 2.13. The van der Waals surface area contributed by atoms with Crippen LogP contribution in [0, 0.1) is 0 Å². The quantitative estimate of drug-likeness (QED) is 0.667. The van der Waals surface area contributed by atoms with E-state index in [4.69, 9.17) is 11.6 Å². The fraction of sp³-hybridized carbons (Fsp3) is 0.615. The molecule has 1 aromatic rings. The Balaban J connectivity index is 1.76. The van der Waals surface area contributed by atoms with Gasteiger partial charge in [-0.05, 0) is 31.6 Å². The molecule has 106 valence electrons.